The Morgan fingerprint density at radius 3 is 2.52 bits per heavy atom. The van der Waals surface area contributed by atoms with Crippen LogP contribution in [-0.2, 0) is 6.42 Å². The molecule has 2 aromatic rings. The number of amides is 2. The molecule has 1 N–H and O–H groups in total. The van der Waals surface area contributed by atoms with E-state index in [-0.39, 0.29) is 6.03 Å². The number of nitrogens with one attached hydrogen (secondary N) is 1. The van der Waals surface area contributed by atoms with Crippen LogP contribution in [0.2, 0.25) is 0 Å². The summed E-state index contributed by atoms with van der Waals surface area (Å²) in [5.74, 6) is 0. The van der Waals surface area contributed by atoms with Crippen LogP contribution in [0.4, 0.5) is 10.5 Å². The van der Waals surface area contributed by atoms with Gasteiger partial charge in [0.25, 0.3) is 0 Å². The number of nitriles is 1. The van der Waals surface area contributed by atoms with Gasteiger partial charge in [0.1, 0.15) is 0 Å². The number of anilines is 1. The van der Waals surface area contributed by atoms with Crippen molar-refractivity contribution in [1.29, 1.82) is 5.26 Å². The van der Waals surface area contributed by atoms with Gasteiger partial charge in [0.2, 0.25) is 0 Å². The first-order valence-corrected chi connectivity index (χ1v) is 8.58. The van der Waals surface area contributed by atoms with Crippen molar-refractivity contribution in [3.05, 3.63) is 65.7 Å². The van der Waals surface area contributed by atoms with Crippen LogP contribution in [0.5, 0.6) is 0 Å². The van der Waals surface area contributed by atoms with Crippen LogP contribution in [0.15, 0.2) is 54.6 Å². The van der Waals surface area contributed by atoms with Crippen LogP contribution in [-0.4, -0.2) is 43.7 Å². The van der Waals surface area contributed by atoms with Gasteiger partial charge in [0.05, 0.1) is 11.6 Å². The summed E-state index contributed by atoms with van der Waals surface area (Å²) in [4.78, 5) is 16.4. The van der Waals surface area contributed by atoms with Crippen LogP contribution in [0.3, 0.4) is 0 Å². The molecule has 0 spiro atoms. The Morgan fingerprint density at radius 1 is 1.04 bits per heavy atom. The van der Waals surface area contributed by atoms with Crippen molar-refractivity contribution < 1.29 is 4.79 Å². The molecule has 1 heterocycles. The smallest absolute Gasteiger partial charge is 0.317 e. The minimum Gasteiger partial charge on any atom is -0.368 e. The van der Waals surface area contributed by atoms with Crippen molar-refractivity contribution in [2.75, 3.05) is 37.6 Å². The number of carbonyl (C=O) groups is 1. The molecule has 0 atom stereocenters. The number of urea groups is 1. The summed E-state index contributed by atoms with van der Waals surface area (Å²) >= 11 is 0. The van der Waals surface area contributed by atoms with Gasteiger partial charge in [-0.25, -0.2) is 4.79 Å². The summed E-state index contributed by atoms with van der Waals surface area (Å²) in [7, 11) is 0. The fourth-order valence-electron chi connectivity index (χ4n) is 3.01. The third-order valence-corrected chi connectivity index (χ3v) is 4.44. The Balaban J connectivity index is 1.45. The Bertz CT molecular complexity index is 746. The van der Waals surface area contributed by atoms with Gasteiger partial charge < -0.3 is 15.1 Å². The highest BCUT2D eigenvalue weighted by Gasteiger charge is 2.21. The molecule has 5 heteroatoms. The molecule has 128 valence electrons. The minimum absolute atomic E-state index is 0.00126. The van der Waals surface area contributed by atoms with Crippen molar-refractivity contribution in [2.45, 2.75) is 6.42 Å². The SMILES string of the molecule is N#Cc1cccc(N2CCN(C(=O)NCCc3ccccc3)CC2)c1. The van der Waals surface area contributed by atoms with E-state index in [9.17, 15) is 4.79 Å². The van der Waals surface area contributed by atoms with Crippen molar-refractivity contribution in [2.24, 2.45) is 0 Å². The van der Waals surface area contributed by atoms with E-state index >= 15 is 0 Å². The summed E-state index contributed by atoms with van der Waals surface area (Å²) in [5, 5.41) is 12.0. The molecule has 0 bridgehead atoms. The van der Waals surface area contributed by atoms with E-state index in [1.165, 1.54) is 5.56 Å². The number of piperazine rings is 1. The maximum Gasteiger partial charge on any atom is 0.317 e. The van der Waals surface area contributed by atoms with Gasteiger partial charge in [0, 0.05) is 38.4 Å². The summed E-state index contributed by atoms with van der Waals surface area (Å²) < 4.78 is 0. The van der Waals surface area contributed by atoms with E-state index in [1.807, 2.05) is 41.3 Å². The third kappa shape index (κ3) is 4.51. The topological polar surface area (TPSA) is 59.4 Å². The van der Waals surface area contributed by atoms with E-state index in [1.54, 1.807) is 6.07 Å². The van der Waals surface area contributed by atoms with Gasteiger partial charge in [-0.3, -0.25) is 0 Å². The molecule has 0 aliphatic carbocycles. The zero-order valence-corrected chi connectivity index (χ0v) is 14.2. The quantitative estimate of drug-likeness (QED) is 0.935. The molecular formula is C20H22N4O. The van der Waals surface area contributed by atoms with Crippen LogP contribution >= 0.6 is 0 Å². The fourth-order valence-corrected chi connectivity index (χ4v) is 3.01. The largest absolute Gasteiger partial charge is 0.368 e. The van der Waals surface area contributed by atoms with E-state index in [2.05, 4.69) is 28.4 Å². The Labute approximate surface area is 148 Å². The first kappa shape index (κ1) is 16.8. The van der Waals surface area contributed by atoms with E-state index < -0.39 is 0 Å². The Hall–Kier alpha value is -3.00. The first-order chi connectivity index (χ1) is 12.3. The van der Waals surface area contributed by atoms with Gasteiger partial charge in [0.15, 0.2) is 0 Å². The van der Waals surface area contributed by atoms with Gasteiger partial charge in [-0.1, -0.05) is 36.4 Å². The van der Waals surface area contributed by atoms with E-state index in [0.29, 0.717) is 25.2 Å². The molecule has 0 radical (unpaired) electrons. The zero-order valence-electron chi connectivity index (χ0n) is 14.2. The van der Waals surface area contributed by atoms with Crippen molar-refractivity contribution >= 4 is 11.7 Å². The second kappa shape index (κ2) is 8.20. The first-order valence-electron chi connectivity index (χ1n) is 8.58. The maximum atomic E-state index is 12.3. The summed E-state index contributed by atoms with van der Waals surface area (Å²) in [6, 6.07) is 19.9. The van der Waals surface area contributed by atoms with Gasteiger partial charge in [-0.15, -0.1) is 0 Å². The molecular weight excluding hydrogens is 312 g/mol. The number of hydrogen-bond donors (Lipinski definition) is 1. The molecule has 0 aromatic heterocycles. The van der Waals surface area contributed by atoms with Crippen molar-refractivity contribution in [1.82, 2.24) is 10.2 Å². The van der Waals surface area contributed by atoms with Crippen molar-refractivity contribution in [3.63, 3.8) is 0 Å². The highest BCUT2D eigenvalue weighted by Crippen LogP contribution is 2.17. The molecule has 1 fully saturated rings. The lowest BCUT2D eigenvalue weighted by atomic mass is 10.1. The van der Waals surface area contributed by atoms with Crippen LogP contribution in [0.25, 0.3) is 0 Å². The third-order valence-electron chi connectivity index (χ3n) is 4.44. The molecule has 0 unspecified atom stereocenters. The second-order valence-corrected chi connectivity index (χ2v) is 6.10. The molecule has 2 aromatic carbocycles. The maximum absolute atomic E-state index is 12.3. The molecule has 5 nitrogen and oxygen atoms in total. The predicted molar refractivity (Wildman–Crippen MR) is 98.5 cm³/mol. The number of carbonyl (C=O) groups excluding carboxylic acids is 1. The van der Waals surface area contributed by atoms with Gasteiger partial charge in [-0.2, -0.15) is 5.26 Å². The minimum atomic E-state index is 0.00126. The molecule has 1 aliphatic heterocycles. The van der Waals surface area contributed by atoms with Crippen LogP contribution in [0, 0.1) is 11.3 Å². The summed E-state index contributed by atoms with van der Waals surface area (Å²) in [5.41, 5.74) is 2.94. The standard InChI is InChI=1S/C20H22N4O/c21-16-18-7-4-8-19(15-18)23-11-13-24(14-12-23)20(25)22-10-9-17-5-2-1-3-6-17/h1-8,15H,9-14H2,(H,22,25). The lowest BCUT2D eigenvalue weighted by Gasteiger charge is -2.36. The van der Waals surface area contributed by atoms with Crippen molar-refractivity contribution in [3.8, 4) is 6.07 Å². The lowest BCUT2D eigenvalue weighted by molar-refractivity contribution is 0.194. The molecule has 25 heavy (non-hydrogen) atoms. The summed E-state index contributed by atoms with van der Waals surface area (Å²) in [6.45, 7) is 3.58. The lowest BCUT2D eigenvalue weighted by Crippen LogP contribution is -2.52. The monoisotopic (exact) mass is 334 g/mol. The molecule has 1 aliphatic rings. The number of hydrogen-bond acceptors (Lipinski definition) is 3. The Morgan fingerprint density at radius 2 is 1.80 bits per heavy atom. The molecule has 2 amide bonds. The van der Waals surface area contributed by atoms with Gasteiger partial charge >= 0.3 is 6.03 Å². The van der Waals surface area contributed by atoms with E-state index in [0.717, 1.165) is 25.2 Å². The van der Waals surface area contributed by atoms with Crippen LogP contribution < -0.4 is 10.2 Å². The average Bonchev–Trinajstić information content (AvgIpc) is 2.69. The van der Waals surface area contributed by atoms with Crippen LogP contribution in [0.1, 0.15) is 11.1 Å². The van der Waals surface area contributed by atoms with E-state index in [4.69, 9.17) is 5.26 Å². The molecule has 3 rings (SSSR count). The average molecular weight is 334 g/mol. The molecule has 0 saturated carbocycles. The Kier molecular flexibility index (Phi) is 5.53. The fraction of sp³-hybridized carbons (Fsp3) is 0.300. The second-order valence-electron chi connectivity index (χ2n) is 6.10. The normalized spacial score (nSPS) is 14.0. The highest BCUT2D eigenvalue weighted by molar-refractivity contribution is 5.74. The summed E-state index contributed by atoms with van der Waals surface area (Å²) in [6.07, 6.45) is 0.841. The zero-order chi connectivity index (χ0) is 17.5. The predicted octanol–water partition coefficient (Wildman–Crippen LogP) is 2.63. The number of rotatable bonds is 4. The number of benzene rings is 2. The van der Waals surface area contributed by atoms with Gasteiger partial charge in [-0.05, 0) is 30.2 Å². The number of nitrogens with zero attached hydrogens (tertiary/aromatic N) is 3. The highest BCUT2D eigenvalue weighted by atomic mass is 16.2. The molecule has 1 saturated heterocycles.